The molecule has 92 valence electrons. The van der Waals surface area contributed by atoms with Crippen LogP contribution in [0.4, 0.5) is 0 Å². The normalized spacial score (nSPS) is 20.3. The van der Waals surface area contributed by atoms with Crippen LogP contribution in [0.25, 0.3) is 0 Å². The van der Waals surface area contributed by atoms with Crippen LogP contribution in [0.3, 0.4) is 0 Å². The molecule has 1 unspecified atom stereocenters. The third kappa shape index (κ3) is 2.68. The van der Waals surface area contributed by atoms with Gasteiger partial charge in [-0.15, -0.1) is 11.6 Å². The van der Waals surface area contributed by atoms with Gasteiger partial charge in [-0.05, 0) is 6.07 Å². The van der Waals surface area contributed by atoms with Crippen molar-refractivity contribution in [2.24, 2.45) is 0 Å². The number of ether oxygens (including phenoxy) is 1. The quantitative estimate of drug-likeness (QED) is 0.782. The summed E-state index contributed by atoms with van der Waals surface area (Å²) in [4.78, 5) is 27.3. The Labute approximate surface area is 103 Å². The van der Waals surface area contributed by atoms with Crippen LogP contribution in [0.1, 0.15) is 10.4 Å². The second-order valence-corrected chi connectivity index (χ2v) is 4.13. The second kappa shape index (κ2) is 5.33. The molecule has 5 nitrogen and oxygen atoms in total. The highest BCUT2D eigenvalue weighted by Gasteiger charge is 2.27. The van der Waals surface area contributed by atoms with Crippen molar-refractivity contribution in [3.63, 3.8) is 0 Å². The third-order valence-electron chi connectivity index (χ3n) is 2.70. The molecule has 0 aliphatic carbocycles. The summed E-state index contributed by atoms with van der Waals surface area (Å²) in [5.74, 6) is 0.213. The smallest absolute Gasteiger partial charge is 0.255 e. The van der Waals surface area contributed by atoms with Gasteiger partial charge >= 0.3 is 0 Å². The average molecular weight is 257 g/mol. The van der Waals surface area contributed by atoms with Gasteiger partial charge in [0.15, 0.2) is 0 Å². The molecule has 1 fully saturated rings. The summed E-state index contributed by atoms with van der Waals surface area (Å²) < 4.78 is 5.27. The molecule has 2 rings (SSSR count). The molecular formula is C11H13ClN2O3. The number of hydrogen-bond acceptors (Lipinski definition) is 3. The molecule has 0 spiro atoms. The highest BCUT2D eigenvalue weighted by molar-refractivity contribution is 6.18. The Hall–Kier alpha value is -1.33. The number of carbonyl (C=O) groups is 1. The highest BCUT2D eigenvalue weighted by Crippen LogP contribution is 2.12. The van der Waals surface area contributed by atoms with Crippen LogP contribution in [-0.2, 0) is 4.74 Å². The van der Waals surface area contributed by atoms with Gasteiger partial charge in [0.05, 0.1) is 24.8 Å². The molecule has 1 aliphatic rings. The fraction of sp³-hybridized carbons (Fsp3) is 0.455. The van der Waals surface area contributed by atoms with Crippen LogP contribution in [0.15, 0.2) is 23.1 Å². The van der Waals surface area contributed by atoms with Crippen molar-refractivity contribution in [1.82, 2.24) is 9.88 Å². The molecule has 17 heavy (non-hydrogen) atoms. The predicted molar refractivity (Wildman–Crippen MR) is 63.4 cm³/mol. The molecular weight excluding hydrogens is 244 g/mol. The number of aromatic nitrogens is 1. The van der Waals surface area contributed by atoms with E-state index >= 15 is 0 Å². The first-order valence-electron chi connectivity index (χ1n) is 5.36. The lowest BCUT2D eigenvalue weighted by molar-refractivity contribution is 0.00454. The number of aromatic amines is 1. The van der Waals surface area contributed by atoms with Crippen LogP contribution in [0, 0.1) is 0 Å². The molecule has 0 aromatic carbocycles. The largest absolute Gasteiger partial charge is 0.377 e. The fourth-order valence-electron chi connectivity index (χ4n) is 1.76. The van der Waals surface area contributed by atoms with Crippen molar-refractivity contribution in [3.8, 4) is 0 Å². The molecule has 1 aliphatic heterocycles. The SMILES string of the molecule is O=C(c1ccc(=O)[nH]c1)N1CCOCC1CCl. The van der Waals surface area contributed by atoms with Crippen LogP contribution in [0.2, 0.25) is 0 Å². The van der Waals surface area contributed by atoms with Crippen molar-refractivity contribution in [2.75, 3.05) is 25.6 Å². The third-order valence-corrected chi connectivity index (χ3v) is 3.05. The number of amides is 1. The summed E-state index contributed by atoms with van der Waals surface area (Å²) in [6.07, 6.45) is 1.42. The Morgan fingerprint density at radius 3 is 3.06 bits per heavy atom. The monoisotopic (exact) mass is 256 g/mol. The molecule has 1 aromatic heterocycles. The zero-order valence-electron chi connectivity index (χ0n) is 9.19. The number of halogens is 1. The van der Waals surface area contributed by atoms with Gasteiger partial charge in [0.2, 0.25) is 5.56 Å². The summed E-state index contributed by atoms with van der Waals surface area (Å²) in [6.45, 7) is 1.50. The lowest BCUT2D eigenvalue weighted by Crippen LogP contribution is -2.49. The van der Waals surface area contributed by atoms with Gasteiger partial charge in [0.25, 0.3) is 5.91 Å². The molecule has 0 radical (unpaired) electrons. The summed E-state index contributed by atoms with van der Waals surface area (Å²) in [6, 6.07) is 2.75. The molecule has 1 amide bonds. The Kier molecular flexibility index (Phi) is 3.81. The maximum absolute atomic E-state index is 12.2. The lowest BCUT2D eigenvalue weighted by Gasteiger charge is -2.34. The molecule has 6 heteroatoms. The fourth-order valence-corrected chi connectivity index (χ4v) is 2.02. The number of hydrogen-bond donors (Lipinski definition) is 1. The standard InChI is InChI=1S/C11H13ClN2O3/c12-5-9-7-17-4-3-14(9)11(16)8-1-2-10(15)13-6-8/h1-2,6,9H,3-5,7H2,(H,13,15). The number of rotatable bonds is 2. The van der Waals surface area contributed by atoms with Gasteiger partial charge in [0, 0.05) is 24.7 Å². The van der Waals surface area contributed by atoms with E-state index in [9.17, 15) is 9.59 Å². The summed E-state index contributed by atoms with van der Waals surface area (Å²) in [5.41, 5.74) is 0.235. The van der Waals surface area contributed by atoms with E-state index in [0.29, 0.717) is 31.2 Å². The minimum atomic E-state index is -0.225. The van der Waals surface area contributed by atoms with Gasteiger partial charge in [-0.25, -0.2) is 0 Å². The van der Waals surface area contributed by atoms with E-state index in [2.05, 4.69) is 4.98 Å². The van der Waals surface area contributed by atoms with Crippen molar-refractivity contribution in [1.29, 1.82) is 0 Å². The van der Waals surface area contributed by atoms with Gasteiger partial charge in [-0.3, -0.25) is 9.59 Å². The van der Waals surface area contributed by atoms with E-state index in [-0.39, 0.29) is 17.5 Å². The van der Waals surface area contributed by atoms with Crippen LogP contribution >= 0.6 is 11.6 Å². The Morgan fingerprint density at radius 1 is 1.59 bits per heavy atom. The maximum Gasteiger partial charge on any atom is 0.255 e. The van der Waals surface area contributed by atoms with Crippen LogP contribution in [0.5, 0.6) is 0 Å². The number of alkyl halides is 1. The first kappa shape index (κ1) is 12.1. The molecule has 1 N–H and O–H groups in total. The Bertz CT molecular complexity index is 440. The van der Waals surface area contributed by atoms with Crippen LogP contribution < -0.4 is 5.56 Å². The average Bonchev–Trinajstić information content (AvgIpc) is 2.39. The predicted octanol–water partition coefficient (Wildman–Crippen LogP) is 0.455. The molecule has 1 atom stereocenters. The second-order valence-electron chi connectivity index (χ2n) is 3.82. The number of morpholine rings is 1. The van der Waals surface area contributed by atoms with E-state index in [4.69, 9.17) is 16.3 Å². The first-order chi connectivity index (χ1) is 8.22. The van der Waals surface area contributed by atoms with E-state index in [1.165, 1.54) is 18.3 Å². The number of H-pyrrole nitrogens is 1. The highest BCUT2D eigenvalue weighted by atomic mass is 35.5. The van der Waals surface area contributed by atoms with Crippen molar-refractivity contribution >= 4 is 17.5 Å². The van der Waals surface area contributed by atoms with Crippen molar-refractivity contribution in [3.05, 3.63) is 34.2 Å². The number of nitrogens with zero attached hydrogens (tertiary/aromatic N) is 1. The maximum atomic E-state index is 12.2. The van der Waals surface area contributed by atoms with E-state index in [0.717, 1.165) is 0 Å². The Morgan fingerprint density at radius 2 is 2.41 bits per heavy atom. The number of pyridine rings is 1. The minimum absolute atomic E-state index is 0.107. The van der Waals surface area contributed by atoms with E-state index in [1.807, 2.05) is 0 Å². The first-order valence-corrected chi connectivity index (χ1v) is 5.89. The van der Waals surface area contributed by atoms with Crippen molar-refractivity contribution in [2.45, 2.75) is 6.04 Å². The topological polar surface area (TPSA) is 62.4 Å². The van der Waals surface area contributed by atoms with Gasteiger partial charge in [-0.2, -0.15) is 0 Å². The van der Waals surface area contributed by atoms with Gasteiger partial charge in [-0.1, -0.05) is 0 Å². The molecule has 2 heterocycles. The summed E-state index contributed by atoms with van der Waals surface area (Å²) in [7, 11) is 0. The van der Waals surface area contributed by atoms with Gasteiger partial charge in [0.1, 0.15) is 0 Å². The van der Waals surface area contributed by atoms with Gasteiger partial charge < -0.3 is 14.6 Å². The molecule has 0 saturated carbocycles. The lowest BCUT2D eigenvalue weighted by atomic mass is 10.2. The minimum Gasteiger partial charge on any atom is -0.377 e. The molecule has 0 bridgehead atoms. The summed E-state index contributed by atoms with van der Waals surface area (Å²) in [5, 5.41) is 0. The molecule has 1 aromatic rings. The molecule has 1 saturated heterocycles. The van der Waals surface area contributed by atoms with E-state index in [1.54, 1.807) is 4.90 Å². The number of carbonyl (C=O) groups excluding carboxylic acids is 1. The zero-order valence-corrected chi connectivity index (χ0v) is 9.94. The van der Waals surface area contributed by atoms with Crippen molar-refractivity contribution < 1.29 is 9.53 Å². The van der Waals surface area contributed by atoms with Crippen LogP contribution in [-0.4, -0.2) is 47.5 Å². The van der Waals surface area contributed by atoms with E-state index < -0.39 is 0 Å². The summed E-state index contributed by atoms with van der Waals surface area (Å²) >= 11 is 5.80. The number of nitrogens with one attached hydrogen (secondary N) is 1. The zero-order chi connectivity index (χ0) is 12.3. The Balaban J connectivity index is 2.18.